The minimum absolute atomic E-state index is 0.0156. The third kappa shape index (κ3) is 5.75. The number of pyridine rings is 1. The lowest BCUT2D eigenvalue weighted by Crippen LogP contribution is -2.33. The number of ether oxygens (including phenoxy) is 1. The minimum Gasteiger partial charge on any atom is -0.444 e. The Morgan fingerprint density at radius 1 is 1.16 bits per heavy atom. The van der Waals surface area contributed by atoms with Crippen LogP contribution in [0.4, 0.5) is 20.6 Å². The number of anilines is 2. The monoisotopic (exact) mass is 524 g/mol. The highest BCUT2D eigenvalue weighted by Crippen LogP contribution is 2.31. The van der Waals surface area contributed by atoms with E-state index in [1.54, 1.807) is 71.1 Å². The number of rotatable bonds is 6. The Balaban J connectivity index is 1.79. The molecule has 0 aliphatic rings. The van der Waals surface area contributed by atoms with Crippen LogP contribution < -0.4 is 5.32 Å². The first-order chi connectivity index (χ1) is 17.3. The molecule has 2 heterocycles. The van der Waals surface area contributed by atoms with Gasteiger partial charge in [-0.3, -0.25) is 4.98 Å². The molecule has 0 unspecified atom stereocenters. The van der Waals surface area contributed by atoms with Gasteiger partial charge in [0, 0.05) is 36.7 Å². The maximum atomic E-state index is 14.5. The van der Waals surface area contributed by atoms with Crippen LogP contribution in [0.3, 0.4) is 0 Å². The lowest BCUT2D eigenvalue weighted by atomic mass is 10.1. The van der Waals surface area contributed by atoms with Gasteiger partial charge >= 0.3 is 6.09 Å². The number of benzene rings is 2. The van der Waals surface area contributed by atoms with E-state index in [0.717, 1.165) is 9.54 Å². The number of aromatic nitrogens is 2. The number of amides is 1. The molecular weight excluding hydrogens is 495 g/mol. The lowest BCUT2D eigenvalue weighted by molar-refractivity contribution is 0.0286. The topological polar surface area (TPSA) is 93.5 Å². The molecule has 0 aliphatic carbocycles. The fraction of sp³-hybridized carbons (Fsp3) is 0.259. The summed E-state index contributed by atoms with van der Waals surface area (Å²) in [6, 6.07) is 13.0. The van der Waals surface area contributed by atoms with Crippen molar-refractivity contribution in [3.63, 3.8) is 0 Å². The van der Waals surface area contributed by atoms with Crippen LogP contribution in [0.15, 0.2) is 72.0 Å². The molecule has 0 aliphatic heterocycles. The van der Waals surface area contributed by atoms with Crippen LogP contribution in [0.2, 0.25) is 0 Å². The Morgan fingerprint density at radius 2 is 1.92 bits per heavy atom. The zero-order chi connectivity index (χ0) is 27.0. The molecule has 0 spiro atoms. The van der Waals surface area contributed by atoms with Gasteiger partial charge in [0.1, 0.15) is 16.3 Å². The van der Waals surface area contributed by atoms with Crippen molar-refractivity contribution in [2.75, 3.05) is 12.4 Å². The molecule has 2 aromatic carbocycles. The number of nitrogens with zero attached hydrogens (tertiary/aromatic N) is 3. The van der Waals surface area contributed by atoms with Gasteiger partial charge in [0.15, 0.2) is 0 Å². The third-order valence-electron chi connectivity index (χ3n) is 5.56. The quantitative estimate of drug-likeness (QED) is 0.341. The molecule has 194 valence electrons. The molecule has 1 N–H and O–H groups in total. The fourth-order valence-corrected chi connectivity index (χ4v) is 5.17. The van der Waals surface area contributed by atoms with Gasteiger partial charge in [-0.2, -0.15) is 0 Å². The van der Waals surface area contributed by atoms with Crippen LogP contribution in [-0.2, 0) is 21.3 Å². The highest BCUT2D eigenvalue weighted by atomic mass is 32.2. The molecule has 4 aromatic rings. The highest BCUT2D eigenvalue weighted by molar-refractivity contribution is 7.90. The number of carbonyl (C=O) groups is 1. The second kappa shape index (κ2) is 9.85. The van der Waals surface area contributed by atoms with E-state index in [4.69, 9.17) is 4.74 Å². The third-order valence-corrected chi connectivity index (χ3v) is 7.22. The molecule has 0 radical (unpaired) electrons. The predicted molar refractivity (Wildman–Crippen MR) is 141 cm³/mol. The van der Waals surface area contributed by atoms with Gasteiger partial charge in [0.2, 0.25) is 0 Å². The summed E-state index contributed by atoms with van der Waals surface area (Å²) < 4.78 is 48.2. The molecule has 8 nitrogen and oxygen atoms in total. The second-order valence-corrected chi connectivity index (χ2v) is 11.6. The molecule has 0 saturated carbocycles. The predicted octanol–water partition coefficient (Wildman–Crippen LogP) is 5.83. The molecule has 0 bridgehead atoms. The molecule has 0 saturated heterocycles. The summed E-state index contributed by atoms with van der Waals surface area (Å²) in [5.41, 5.74) is 1.85. The summed E-state index contributed by atoms with van der Waals surface area (Å²) in [4.78, 5) is 17.9. The zero-order valence-corrected chi connectivity index (χ0v) is 22.1. The van der Waals surface area contributed by atoms with Gasteiger partial charge < -0.3 is 15.0 Å². The number of carbonyl (C=O) groups excluding carboxylic acids is 1. The van der Waals surface area contributed by atoms with E-state index in [1.807, 2.05) is 0 Å². The largest absolute Gasteiger partial charge is 0.444 e. The summed E-state index contributed by atoms with van der Waals surface area (Å²) in [6.07, 6.45) is 3.73. The van der Waals surface area contributed by atoms with Crippen molar-refractivity contribution in [3.8, 4) is 0 Å². The summed E-state index contributed by atoms with van der Waals surface area (Å²) in [7, 11) is -2.43. The second-order valence-electron chi connectivity index (χ2n) is 9.82. The van der Waals surface area contributed by atoms with E-state index in [0.29, 0.717) is 22.2 Å². The Morgan fingerprint density at radius 3 is 2.57 bits per heavy atom. The fourth-order valence-electron chi connectivity index (χ4n) is 3.82. The Labute approximate surface area is 215 Å². The Kier molecular flexibility index (Phi) is 6.96. The number of halogens is 1. The van der Waals surface area contributed by atoms with Crippen molar-refractivity contribution in [1.82, 2.24) is 13.9 Å². The average molecular weight is 525 g/mol. The van der Waals surface area contributed by atoms with Gasteiger partial charge in [-0.25, -0.2) is 21.6 Å². The van der Waals surface area contributed by atoms with Crippen LogP contribution in [-0.4, -0.2) is 41.0 Å². The van der Waals surface area contributed by atoms with Crippen molar-refractivity contribution in [2.45, 2.75) is 44.7 Å². The Bertz CT molecular complexity index is 1560. The SMILES string of the molecule is Cc1ccc(Nc2ccc3c(CN(C)C(=O)OC(C)(C)C)cn(S(=O)(=O)c4cccnc4)c3c2)c(F)c1. The number of hydrogen-bond acceptors (Lipinski definition) is 6. The smallest absolute Gasteiger partial charge is 0.410 e. The molecule has 1 amide bonds. The van der Waals surface area contributed by atoms with Crippen LogP contribution >= 0.6 is 0 Å². The van der Waals surface area contributed by atoms with Crippen LogP contribution in [0, 0.1) is 12.7 Å². The number of hydrogen-bond donors (Lipinski definition) is 1. The number of aryl methyl sites for hydroxylation is 1. The first kappa shape index (κ1) is 26.2. The van der Waals surface area contributed by atoms with Gasteiger partial charge in [0.25, 0.3) is 10.0 Å². The van der Waals surface area contributed by atoms with E-state index >= 15 is 0 Å². The molecular formula is C27H29FN4O4S. The maximum absolute atomic E-state index is 14.5. The average Bonchev–Trinajstić information content (AvgIpc) is 3.18. The van der Waals surface area contributed by atoms with Gasteiger partial charge in [-0.05, 0) is 75.2 Å². The normalized spacial score (nSPS) is 11.9. The molecule has 4 rings (SSSR count). The van der Waals surface area contributed by atoms with Gasteiger partial charge in [-0.15, -0.1) is 0 Å². The summed E-state index contributed by atoms with van der Waals surface area (Å²) in [6.45, 7) is 7.23. The van der Waals surface area contributed by atoms with Crippen molar-refractivity contribution in [2.24, 2.45) is 0 Å². The molecule has 37 heavy (non-hydrogen) atoms. The van der Waals surface area contributed by atoms with Gasteiger partial charge in [-0.1, -0.05) is 12.1 Å². The van der Waals surface area contributed by atoms with Crippen molar-refractivity contribution in [1.29, 1.82) is 0 Å². The summed E-state index contributed by atoms with van der Waals surface area (Å²) >= 11 is 0. The molecule has 10 heteroatoms. The van der Waals surface area contributed by atoms with Gasteiger partial charge in [0.05, 0.1) is 17.7 Å². The highest BCUT2D eigenvalue weighted by Gasteiger charge is 2.25. The summed E-state index contributed by atoms with van der Waals surface area (Å²) in [5.74, 6) is -0.418. The molecule has 0 fully saturated rings. The van der Waals surface area contributed by atoms with E-state index in [-0.39, 0.29) is 17.1 Å². The van der Waals surface area contributed by atoms with E-state index in [1.165, 1.54) is 35.6 Å². The minimum atomic E-state index is -4.02. The zero-order valence-electron chi connectivity index (χ0n) is 21.3. The van der Waals surface area contributed by atoms with Crippen LogP contribution in [0.5, 0.6) is 0 Å². The van der Waals surface area contributed by atoms with Crippen molar-refractivity contribution >= 4 is 38.4 Å². The lowest BCUT2D eigenvalue weighted by Gasteiger charge is -2.24. The van der Waals surface area contributed by atoms with E-state index < -0.39 is 27.5 Å². The first-order valence-corrected chi connectivity index (χ1v) is 13.1. The van der Waals surface area contributed by atoms with E-state index in [9.17, 15) is 17.6 Å². The van der Waals surface area contributed by atoms with Crippen LogP contribution in [0.1, 0.15) is 31.9 Å². The maximum Gasteiger partial charge on any atom is 0.410 e. The molecule has 2 aromatic heterocycles. The summed E-state index contributed by atoms with van der Waals surface area (Å²) in [5, 5.41) is 3.65. The van der Waals surface area contributed by atoms with Crippen molar-refractivity contribution in [3.05, 3.63) is 84.1 Å². The first-order valence-electron chi connectivity index (χ1n) is 11.6. The number of fused-ring (bicyclic) bond motifs is 1. The molecule has 0 atom stereocenters. The van der Waals surface area contributed by atoms with E-state index in [2.05, 4.69) is 10.3 Å². The Hall–Kier alpha value is -3.92. The standard InChI is InChI=1S/C27H29FN4O4S/c1-18-8-11-24(23(28)13-18)30-20-9-10-22-19(16-31(5)26(33)36-27(2,3)4)17-32(25(22)14-20)37(34,35)21-7-6-12-29-15-21/h6-15,17,30H,16H2,1-5H3. The van der Waals surface area contributed by atoms with Crippen LogP contribution in [0.25, 0.3) is 10.9 Å². The van der Waals surface area contributed by atoms with Crippen molar-refractivity contribution < 1.29 is 22.3 Å². The number of nitrogens with one attached hydrogen (secondary N) is 1.